The molecule has 1 spiro atoms. The molecular formula is C31H38N4O4. The molecule has 3 aliphatic heterocycles. The number of pyridine rings is 1. The Morgan fingerprint density at radius 2 is 1.82 bits per heavy atom. The molecule has 39 heavy (non-hydrogen) atoms. The van der Waals surface area contributed by atoms with E-state index in [0.717, 1.165) is 17.5 Å². The molecule has 5 rings (SSSR count). The fourth-order valence-electron chi connectivity index (χ4n) is 6.00. The van der Waals surface area contributed by atoms with Crippen LogP contribution in [0.3, 0.4) is 0 Å². The molecule has 8 nitrogen and oxygen atoms in total. The number of carbonyl (C=O) groups is 3. The molecule has 1 aromatic carbocycles. The first-order chi connectivity index (χ1) is 19.0. The van der Waals surface area contributed by atoms with Crippen molar-refractivity contribution in [2.45, 2.75) is 57.0 Å². The first-order valence-corrected chi connectivity index (χ1v) is 14.1. The van der Waals surface area contributed by atoms with Crippen molar-refractivity contribution in [3.63, 3.8) is 0 Å². The highest BCUT2D eigenvalue weighted by Crippen LogP contribution is 2.36. The van der Waals surface area contributed by atoms with Gasteiger partial charge in [-0.1, -0.05) is 48.6 Å². The molecule has 2 N–H and O–H groups in total. The van der Waals surface area contributed by atoms with Crippen molar-refractivity contribution in [3.05, 3.63) is 78.1 Å². The number of nitrogens with one attached hydrogen (secondary N) is 2. The van der Waals surface area contributed by atoms with Gasteiger partial charge in [0, 0.05) is 57.1 Å². The Bertz CT molecular complexity index is 1160. The van der Waals surface area contributed by atoms with E-state index in [-0.39, 0.29) is 29.7 Å². The molecule has 0 saturated carbocycles. The van der Waals surface area contributed by atoms with Crippen LogP contribution in [0.1, 0.15) is 43.2 Å². The molecule has 1 aromatic heterocycles. The van der Waals surface area contributed by atoms with Gasteiger partial charge in [0.25, 0.3) is 0 Å². The van der Waals surface area contributed by atoms with Gasteiger partial charge in [-0.05, 0) is 49.3 Å². The molecule has 0 radical (unpaired) electrons. The quantitative estimate of drug-likeness (QED) is 0.592. The van der Waals surface area contributed by atoms with Crippen molar-refractivity contribution in [2.75, 3.05) is 26.3 Å². The van der Waals surface area contributed by atoms with E-state index in [1.54, 1.807) is 12.4 Å². The van der Waals surface area contributed by atoms with Crippen LogP contribution >= 0.6 is 0 Å². The number of hydrogen-bond acceptors (Lipinski definition) is 5. The van der Waals surface area contributed by atoms with Crippen molar-refractivity contribution in [3.8, 4) is 0 Å². The van der Waals surface area contributed by atoms with Crippen molar-refractivity contribution in [1.29, 1.82) is 0 Å². The number of aromatic nitrogens is 1. The lowest BCUT2D eigenvalue weighted by molar-refractivity contribution is -0.140. The zero-order valence-electron chi connectivity index (χ0n) is 22.4. The number of fused-ring (bicyclic) bond motifs is 1. The lowest BCUT2D eigenvalue weighted by Crippen LogP contribution is -2.58. The summed E-state index contributed by atoms with van der Waals surface area (Å²) in [6.45, 7) is 2.25. The van der Waals surface area contributed by atoms with Gasteiger partial charge < -0.3 is 20.3 Å². The molecule has 206 valence electrons. The first-order valence-electron chi connectivity index (χ1n) is 14.1. The van der Waals surface area contributed by atoms with Gasteiger partial charge in [0.05, 0.1) is 11.8 Å². The highest BCUT2D eigenvalue weighted by atomic mass is 16.5. The minimum Gasteiger partial charge on any atom is -0.381 e. The zero-order valence-corrected chi connectivity index (χ0v) is 22.4. The fraction of sp³-hybridized carbons (Fsp3) is 0.484. The minimum absolute atomic E-state index is 0.0699. The van der Waals surface area contributed by atoms with Crippen LogP contribution in [0.5, 0.6) is 0 Å². The Hall–Kier alpha value is -3.52. The summed E-state index contributed by atoms with van der Waals surface area (Å²) < 4.78 is 5.58. The predicted octanol–water partition coefficient (Wildman–Crippen LogP) is 2.83. The van der Waals surface area contributed by atoms with E-state index in [9.17, 15) is 14.4 Å². The van der Waals surface area contributed by atoms with Gasteiger partial charge in [-0.25, -0.2) is 0 Å². The van der Waals surface area contributed by atoms with Crippen LogP contribution in [0, 0.1) is 11.3 Å². The molecule has 2 saturated heterocycles. The van der Waals surface area contributed by atoms with Crippen LogP contribution in [0.4, 0.5) is 0 Å². The summed E-state index contributed by atoms with van der Waals surface area (Å²) in [6.07, 6.45) is 11.7. The van der Waals surface area contributed by atoms with Gasteiger partial charge in [0.2, 0.25) is 17.7 Å². The SMILES string of the molecule is O=C1N[C@H]2CCN(C(=O)Cc3cccnc3)C[C@H]2C/C=C/CC2(CCOCC2)C(=O)N[C@@H]1Cc1ccccc1. The molecule has 3 atom stereocenters. The number of allylic oxidation sites excluding steroid dienone is 2. The normalized spacial score (nSPS) is 26.4. The maximum atomic E-state index is 13.7. The van der Waals surface area contributed by atoms with Crippen LogP contribution in [-0.2, 0) is 32.0 Å². The molecule has 0 unspecified atom stereocenters. The number of carbonyl (C=O) groups excluding carboxylic acids is 3. The van der Waals surface area contributed by atoms with Crippen LogP contribution in [-0.4, -0.2) is 66.0 Å². The number of amides is 3. The second kappa shape index (κ2) is 12.6. The lowest BCUT2D eigenvalue weighted by atomic mass is 9.75. The van der Waals surface area contributed by atoms with Crippen LogP contribution < -0.4 is 10.6 Å². The van der Waals surface area contributed by atoms with Gasteiger partial charge in [0.15, 0.2) is 0 Å². The van der Waals surface area contributed by atoms with E-state index in [1.807, 2.05) is 47.4 Å². The fourth-order valence-corrected chi connectivity index (χ4v) is 6.00. The molecule has 4 heterocycles. The summed E-state index contributed by atoms with van der Waals surface area (Å²) in [5.41, 5.74) is 1.32. The summed E-state index contributed by atoms with van der Waals surface area (Å²) in [5.74, 6) is -0.0586. The topological polar surface area (TPSA) is 101 Å². The summed E-state index contributed by atoms with van der Waals surface area (Å²) in [6, 6.07) is 12.8. The third-order valence-corrected chi connectivity index (χ3v) is 8.44. The highest BCUT2D eigenvalue weighted by molar-refractivity contribution is 5.90. The maximum absolute atomic E-state index is 13.7. The van der Waals surface area contributed by atoms with Crippen LogP contribution in [0.2, 0.25) is 0 Å². The number of rotatable bonds is 4. The molecule has 0 bridgehead atoms. The van der Waals surface area contributed by atoms with E-state index in [4.69, 9.17) is 4.74 Å². The molecular weight excluding hydrogens is 492 g/mol. The van der Waals surface area contributed by atoms with Crippen LogP contribution in [0.25, 0.3) is 0 Å². The first kappa shape index (κ1) is 27.1. The monoisotopic (exact) mass is 530 g/mol. The van der Waals surface area contributed by atoms with Gasteiger partial charge in [-0.15, -0.1) is 0 Å². The largest absolute Gasteiger partial charge is 0.381 e. The molecule has 2 aromatic rings. The summed E-state index contributed by atoms with van der Waals surface area (Å²) >= 11 is 0. The predicted molar refractivity (Wildman–Crippen MR) is 147 cm³/mol. The average molecular weight is 531 g/mol. The third-order valence-electron chi connectivity index (χ3n) is 8.44. The molecule has 0 aliphatic carbocycles. The molecule has 3 aliphatic rings. The van der Waals surface area contributed by atoms with Crippen molar-refractivity contribution in [1.82, 2.24) is 20.5 Å². The van der Waals surface area contributed by atoms with E-state index >= 15 is 0 Å². The second-order valence-electron chi connectivity index (χ2n) is 11.1. The Morgan fingerprint density at radius 3 is 2.59 bits per heavy atom. The molecule has 8 heteroatoms. The summed E-state index contributed by atoms with van der Waals surface area (Å²) in [4.78, 5) is 46.5. The van der Waals surface area contributed by atoms with Crippen molar-refractivity contribution >= 4 is 17.7 Å². The number of hydrogen-bond donors (Lipinski definition) is 2. The number of nitrogens with zero attached hydrogens (tertiary/aromatic N) is 2. The zero-order chi connectivity index (χ0) is 27.1. The smallest absolute Gasteiger partial charge is 0.243 e. The Labute approximate surface area is 230 Å². The van der Waals surface area contributed by atoms with E-state index in [0.29, 0.717) is 64.8 Å². The highest BCUT2D eigenvalue weighted by Gasteiger charge is 2.41. The minimum atomic E-state index is -0.672. The van der Waals surface area contributed by atoms with Gasteiger partial charge in [-0.3, -0.25) is 19.4 Å². The van der Waals surface area contributed by atoms with E-state index < -0.39 is 11.5 Å². The maximum Gasteiger partial charge on any atom is 0.243 e. The summed E-state index contributed by atoms with van der Waals surface area (Å²) in [7, 11) is 0. The Kier molecular flexibility index (Phi) is 8.71. The second-order valence-corrected chi connectivity index (χ2v) is 11.1. The van der Waals surface area contributed by atoms with E-state index in [2.05, 4.69) is 27.8 Å². The Morgan fingerprint density at radius 1 is 1.03 bits per heavy atom. The number of piperidine rings is 1. The molecule has 2 fully saturated rings. The number of likely N-dealkylation sites (tertiary alicyclic amines) is 1. The van der Waals surface area contributed by atoms with Gasteiger partial charge in [-0.2, -0.15) is 0 Å². The van der Waals surface area contributed by atoms with Gasteiger partial charge >= 0.3 is 0 Å². The Balaban J connectivity index is 1.36. The number of ether oxygens (including phenoxy) is 1. The third kappa shape index (κ3) is 6.74. The van der Waals surface area contributed by atoms with Crippen LogP contribution in [0.15, 0.2) is 67.0 Å². The number of benzene rings is 1. The molecule has 3 amide bonds. The van der Waals surface area contributed by atoms with Crippen molar-refractivity contribution in [2.24, 2.45) is 11.3 Å². The van der Waals surface area contributed by atoms with Crippen molar-refractivity contribution < 1.29 is 19.1 Å². The van der Waals surface area contributed by atoms with E-state index in [1.165, 1.54) is 0 Å². The summed E-state index contributed by atoms with van der Waals surface area (Å²) in [5, 5.41) is 6.40. The average Bonchev–Trinajstić information content (AvgIpc) is 2.96. The lowest BCUT2D eigenvalue weighted by Gasteiger charge is -2.40. The standard InChI is InChI=1S/C31H38N4O4/c36-28(20-24-9-6-15-32-21-24)35-16-11-26-25(22-35)10-4-5-12-31(13-17-39-18-14-31)30(38)34-27(29(37)33-26)19-23-7-2-1-3-8-23/h1-9,15,21,25-27H,10-14,16-20,22H2,(H,33,37)(H,34,38)/b5-4+/t25-,26+,27-/m1/s1. The van der Waals surface area contributed by atoms with Gasteiger partial charge in [0.1, 0.15) is 6.04 Å².